The standard InChI is InChI=1S/C25H27ClF3IN4O3/c26-21-14-18(4-7-22(21)30)33-9-11-34(12-10-33)24(35)15-37-19-5-1-16(2-6-19)31-17-3-8-23(32-36)20(13-17)25(27,28)29/h3-4,7-8,13-14,16,19,31H,1-2,5-6,9-12,15H2. The van der Waals surface area contributed by atoms with Gasteiger partial charge in [0.1, 0.15) is 12.3 Å². The third kappa shape index (κ3) is 7.26. The Morgan fingerprint density at radius 3 is 2.41 bits per heavy atom. The van der Waals surface area contributed by atoms with Crippen LogP contribution in [-0.2, 0) is 15.7 Å². The Labute approximate surface area is 231 Å². The first-order valence-corrected chi connectivity index (χ1v) is 13.5. The van der Waals surface area contributed by atoms with Crippen LogP contribution in [0.5, 0.6) is 0 Å². The van der Waals surface area contributed by atoms with Crippen molar-refractivity contribution in [1.82, 2.24) is 4.90 Å². The van der Waals surface area contributed by atoms with Crippen LogP contribution in [0, 0.1) is 8.48 Å². The fourth-order valence-electron chi connectivity index (χ4n) is 4.72. The third-order valence-electron chi connectivity index (χ3n) is 6.79. The minimum Gasteiger partial charge on any atom is -0.382 e. The van der Waals surface area contributed by atoms with E-state index in [4.69, 9.17) is 16.3 Å². The molecule has 1 N–H and O–H groups in total. The Morgan fingerprint density at radius 2 is 1.78 bits per heavy atom. The van der Waals surface area contributed by atoms with E-state index in [1.54, 1.807) is 0 Å². The molecule has 4 rings (SSSR count). The Balaban J connectivity index is 1.19. The molecule has 200 valence electrons. The van der Waals surface area contributed by atoms with Crippen LogP contribution in [0.2, 0.25) is 5.02 Å². The van der Waals surface area contributed by atoms with E-state index in [-0.39, 0.29) is 24.7 Å². The van der Waals surface area contributed by atoms with Crippen LogP contribution in [0.1, 0.15) is 31.2 Å². The summed E-state index contributed by atoms with van der Waals surface area (Å²) in [6.45, 7) is 2.69. The van der Waals surface area contributed by atoms with Gasteiger partial charge in [-0.25, -0.2) is 0 Å². The lowest BCUT2D eigenvalue weighted by Gasteiger charge is -2.36. The fourth-order valence-corrected chi connectivity index (χ4v) is 5.23. The molecule has 1 aliphatic carbocycles. The highest BCUT2D eigenvalue weighted by Gasteiger charge is 2.35. The van der Waals surface area contributed by atoms with Crippen molar-refractivity contribution in [2.75, 3.05) is 43.0 Å². The molecule has 12 heteroatoms. The number of halogens is 5. The number of alkyl halides is 3. The lowest BCUT2D eigenvalue weighted by Crippen LogP contribution is -2.50. The molecule has 0 spiro atoms. The number of nitrogens with zero attached hydrogens (tertiary/aromatic N) is 3. The number of anilines is 2. The summed E-state index contributed by atoms with van der Waals surface area (Å²) < 4.78 is 46.4. The quantitative estimate of drug-likeness (QED) is 0.276. The summed E-state index contributed by atoms with van der Waals surface area (Å²) in [7, 11) is 0. The van der Waals surface area contributed by atoms with Crippen LogP contribution in [0.3, 0.4) is 0 Å². The molecule has 0 unspecified atom stereocenters. The van der Waals surface area contributed by atoms with Gasteiger partial charge in [-0.2, -0.15) is 13.2 Å². The molecule has 2 aromatic carbocycles. The van der Waals surface area contributed by atoms with E-state index in [0.717, 1.165) is 34.5 Å². The van der Waals surface area contributed by atoms with Crippen molar-refractivity contribution < 1.29 is 22.7 Å². The van der Waals surface area contributed by atoms with Gasteiger partial charge in [-0.3, -0.25) is 4.79 Å². The topological polar surface area (TPSA) is 74.2 Å². The van der Waals surface area contributed by atoms with Gasteiger partial charge >= 0.3 is 6.18 Å². The summed E-state index contributed by atoms with van der Waals surface area (Å²) in [5.41, 5.74) is -0.331. The Kier molecular flexibility index (Phi) is 9.17. The van der Waals surface area contributed by atoms with Crippen molar-refractivity contribution in [2.24, 2.45) is 5.18 Å². The second-order valence-corrected chi connectivity index (χ2v) is 10.8. The van der Waals surface area contributed by atoms with Gasteiger partial charge in [-0.15, -0.1) is 4.91 Å². The number of carbonyl (C=O) groups is 1. The van der Waals surface area contributed by atoms with E-state index < -0.39 is 17.4 Å². The number of nitroso groups, excluding NO2 is 1. The highest BCUT2D eigenvalue weighted by atomic mass is 127. The molecule has 7 nitrogen and oxygen atoms in total. The van der Waals surface area contributed by atoms with Gasteiger partial charge in [0.2, 0.25) is 5.91 Å². The first-order valence-electron chi connectivity index (χ1n) is 12.0. The normalized spacial score (nSPS) is 20.6. The van der Waals surface area contributed by atoms with Crippen LogP contribution >= 0.6 is 34.2 Å². The maximum Gasteiger partial charge on any atom is 0.418 e. The molecule has 2 fully saturated rings. The van der Waals surface area contributed by atoms with Crippen LogP contribution in [0.4, 0.5) is 30.2 Å². The van der Waals surface area contributed by atoms with Crippen molar-refractivity contribution in [3.05, 3.63) is 55.5 Å². The van der Waals surface area contributed by atoms with Gasteiger partial charge < -0.3 is 19.9 Å². The number of ether oxygens (including phenoxy) is 1. The summed E-state index contributed by atoms with van der Waals surface area (Å²) in [6, 6.07) is 9.37. The third-order valence-corrected chi connectivity index (χ3v) is 8.36. The number of nitrogens with one attached hydrogen (secondary N) is 1. The van der Waals surface area contributed by atoms with Gasteiger partial charge in [0.25, 0.3) is 0 Å². The lowest BCUT2D eigenvalue weighted by atomic mass is 9.92. The largest absolute Gasteiger partial charge is 0.418 e. The molecule has 0 radical (unpaired) electrons. The van der Waals surface area contributed by atoms with Gasteiger partial charge in [0, 0.05) is 47.2 Å². The molecule has 2 aromatic rings. The summed E-state index contributed by atoms with van der Waals surface area (Å²) in [5.74, 6) is -0.0379. The van der Waals surface area contributed by atoms with Crippen molar-refractivity contribution in [1.29, 1.82) is 0 Å². The lowest BCUT2D eigenvalue weighted by molar-refractivity contribution is -0.139. The maximum absolute atomic E-state index is 13.2. The second kappa shape index (κ2) is 12.2. The second-order valence-electron chi connectivity index (χ2n) is 9.22. The molecule has 37 heavy (non-hydrogen) atoms. The van der Waals surface area contributed by atoms with Crippen LogP contribution in [0.15, 0.2) is 41.6 Å². The molecule has 0 bridgehead atoms. The highest BCUT2D eigenvalue weighted by Crippen LogP contribution is 2.38. The van der Waals surface area contributed by atoms with Gasteiger partial charge in [-0.05, 0) is 89.8 Å². The van der Waals surface area contributed by atoms with Crippen LogP contribution in [0.25, 0.3) is 0 Å². The van der Waals surface area contributed by atoms with Crippen LogP contribution < -0.4 is 10.2 Å². The van der Waals surface area contributed by atoms with Gasteiger partial charge in [-0.1, -0.05) is 11.6 Å². The molecular weight excluding hydrogens is 624 g/mol. The monoisotopic (exact) mass is 650 g/mol. The molecule has 2 aliphatic rings. The van der Waals surface area contributed by atoms with Crippen molar-refractivity contribution in [3.63, 3.8) is 0 Å². The average molecular weight is 651 g/mol. The average Bonchev–Trinajstić information content (AvgIpc) is 2.89. The van der Waals surface area contributed by atoms with Crippen LogP contribution in [-0.4, -0.2) is 55.7 Å². The zero-order chi connectivity index (χ0) is 26.6. The number of rotatable bonds is 7. The predicted molar refractivity (Wildman–Crippen MR) is 145 cm³/mol. The molecule has 0 atom stereocenters. The zero-order valence-corrected chi connectivity index (χ0v) is 22.9. The van der Waals surface area contributed by atoms with E-state index in [2.05, 4.69) is 38.0 Å². The minimum atomic E-state index is -4.65. The smallest absolute Gasteiger partial charge is 0.382 e. The van der Waals surface area contributed by atoms with E-state index in [0.29, 0.717) is 49.5 Å². The fraction of sp³-hybridized carbons (Fsp3) is 0.480. The predicted octanol–water partition coefficient (Wildman–Crippen LogP) is 6.45. The maximum atomic E-state index is 13.2. The first kappa shape index (κ1) is 27.9. The minimum absolute atomic E-state index is 0.0190. The Bertz CT molecular complexity index is 1120. The molecule has 1 aliphatic heterocycles. The molecule has 1 heterocycles. The molecular formula is C25H27ClF3IN4O3. The van der Waals surface area contributed by atoms with E-state index in [1.165, 1.54) is 6.07 Å². The van der Waals surface area contributed by atoms with E-state index in [9.17, 15) is 22.9 Å². The number of carbonyl (C=O) groups excluding carboxylic acids is 1. The Morgan fingerprint density at radius 1 is 1.08 bits per heavy atom. The molecule has 0 aromatic heterocycles. The van der Waals surface area contributed by atoms with Gasteiger partial charge in [0.05, 0.1) is 16.7 Å². The Hall–Kier alpha value is -2.12. The summed E-state index contributed by atoms with van der Waals surface area (Å²) in [4.78, 5) is 27.4. The summed E-state index contributed by atoms with van der Waals surface area (Å²) in [6.07, 6.45) is -1.92. The number of amides is 1. The van der Waals surface area contributed by atoms with E-state index in [1.807, 2.05) is 23.1 Å². The van der Waals surface area contributed by atoms with E-state index >= 15 is 0 Å². The van der Waals surface area contributed by atoms with Gasteiger partial charge in [0.15, 0.2) is 0 Å². The molecule has 1 amide bonds. The molecule has 1 saturated carbocycles. The number of benzene rings is 2. The first-order chi connectivity index (χ1) is 17.6. The summed E-state index contributed by atoms with van der Waals surface area (Å²) in [5, 5.41) is 6.31. The molecule has 1 saturated heterocycles. The SMILES string of the molecule is O=Nc1ccc(NC2CCC(OCC(=O)N3CCN(c4ccc(I)c(Cl)c4)CC3)CC2)cc1C(F)(F)F. The van der Waals surface area contributed by atoms with Crippen molar-refractivity contribution in [2.45, 2.75) is 44.0 Å². The zero-order valence-electron chi connectivity index (χ0n) is 19.9. The number of piperazine rings is 1. The highest BCUT2D eigenvalue weighted by molar-refractivity contribution is 14.1. The van der Waals surface area contributed by atoms with Crippen molar-refractivity contribution in [3.8, 4) is 0 Å². The number of hydrogen-bond donors (Lipinski definition) is 1. The summed E-state index contributed by atoms with van der Waals surface area (Å²) >= 11 is 8.43. The van der Waals surface area contributed by atoms with Crippen molar-refractivity contribution >= 4 is 57.2 Å². The number of hydrogen-bond acceptors (Lipinski definition) is 6.